The number of hydrogen-bond acceptors (Lipinski definition) is 4. The molecule has 1 fully saturated rings. The highest BCUT2D eigenvalue weighted by Crippen LogP contribution is 2.34. The molecule has 1 atom stereocenters. The second-order valence-corrected chi connectivity index (χ2v) is 5.59. The van der Waals surface area contributed by atoms with Crippen molar-refractivity contribution in [3.8, 4) is 0 Å². The second kappa shape index (κ2) is 6.88. The normalized spacial score (nSPS) is 21.2. The molecule has 1 saturated heterocycles. The van der Waals surface area contributed by atoms with Gasteiger partial charge in [-0.05, 0) is 19.4 Å². The summed E-state index contributed by atoms with van der Waals surface area (Å²) < 4.78 is 37.4. The number of likely N-dealkylation sites (tertiary alicyclic amines) is 1. The SMILES string of the molecule is Cl.NCC1CCCCN1Cc1ncc(C(F)(F)F)s1. The van der Waals surface area contributed by atoms with Gasteiger partial charge in [0.15, 0.2) is 0 Å². The molecular weight excluding hydrogens is 299 g/mol. The van der Waals surface area contributed by atoms with Gasteiger partial charge >= 0.3 is 6.18 Å². The average Bonchev–Trinajstić information content (AvgIpc) is 2.78. The predicted octanol–water partition coefficient (Wildman–Crippen LogP) is 2.90. The van der Waals surface area contributed by atoms with Crippen molar-refractivity contribution in [3.05, 3.63) is 16.1 Å². The van der Waals surface area contributed by atoms with Crippen LogP contribution in [0.2, 0.25) is 0 Å². The Morgan fingerprint density at radius 1 is 1.42 bits per heavy atom. The molecule has 2 heterocycles. The third-order valence-electron chi connectivity index (χ3n) is 3.19. The zero-order valence-corrected chi connectivity index (χ0v) is 12.0. The van der Waals surface area contributed by atoms with Crippen LogP contribution in [0.3, 0.4) is 0 Å². The number of halogens is 4. The largest absolute Gasteiger partial charge is 0.427 e. The topological polar surface area (TPSA) is 42.1 Å². The lowest BCUT2D eigenvalue weighted by Crippen LogP contribution is -2.43. The van der Waals surface area contributed by atoms with E-state index in [1.165, 1.54) is 0 Å². The van der Waals surface area contributed by atoms with E-state index in [4.69, 9.17) is 5.73 Å². The van der Waals surface area contributed by atoms with Gasteiger partial charge in [0.2, 0.25) is 0 Å². The van der Waals surface area contributed by atoms with E-state index in [1.807, 2.05) is 0 Å². The molecule has 1 aliphatic rings. The Labute approximate surface area is 120 Å². The van der Waals surface area contributed by atoms with E-state index >= 15 is 0 Å². The molecule has 2 rings (SSSR count). The van der Waals surface area contributed by atoms with E-state index in [0.717, 1.165) is 43.3 Å². The fourth-order valence-electron chi connectivity index (χ4n) is 2.22. The van der Waals surface area contributed by atoms with Gasteiger partial charge in [-0.1, -0.05) is 6.42 Å². The molecule has 0 saturated carbocycles. The van der Waals surface area contributed by atoms with Gasteiger partial charge in [-0.15, -0.1) is 23.7 Å². The Morgan fingerprint density at radius 3 is 2.74 bits per heavy atom. The summed E-state index contributed by atoms with van der Waals surface area (Å²) in [6, 6.07) is 0.275. The van der Waals surface area contributed by atoms with Gasteiger partial charge in [-0.3, -0.25) is 4.90 Å². The summed E-state index contributed by atoms with van der Waals surface area (Å²) in [6.45, 7) is 1.92. The number of rotatable bonds is 3. The van der Waals surface area contributed by atoms with Crippen LogP contribution in [0.1, 0.15) is 29.1 Å². The van der Waals surface area contributed by atoms with Gasteiger partial charge in [0.1, 0.15) is 9.88 Å². The van der Waals surface area contributed by atoms with Gasteiger partial charge in [-0.25, -0.2) is 4.98 Å². The van der Waals surface area contributed by atoms with Crippen LogP contribution in [-0.2, 0) is 12.7 Å². The van der Waals surface area contributed by atoms with Crippen molar-refractivity contribution in [2.24, 2.45) is 5.73 Å². The van der Waals surface area contributed by atoms with Gasteiger partial charge in [0.05, 0.1) is 12.7 Å². The molecule has 1 unspecified atom stereocenters. The zero-order valence-electron chi connectivity index (χ0n) is 10.3. The summed E-state index contributed by atoms with van der Waals surface area (Å²) in [7, 11) is 0. The van der Waals surface area contributed by atoms with Gasteiger partial charge in [0, 0.05) is 12.6 Å². The van der Waals surface area contributed by atoms with E-state index in [0.29, 0.717) is 18.1 Å². The fourth-order valence-corrected chi connectivity index (χ4v) is 3.03. The Morgan fingerprint density at radius 2 is 2.16 bits per heavy atom. The summed E-state index contributed by atoms with van der Waals surface area (Å²) >= 11 is 0.727. The first-order valence-corrected chi connectivity index (χ1v) is 6.78. The van der Waals surface area contributed by atoms with E-state index in [2.05, 4.69) is 9.88 Å². The summed E-state index contributed by atoms with van der Waals surface area (Å²) in [6.07, 6.45) is -0.126. The highest BCUT2D eigenvalue weighted by Gasteiger charge is 2.33. The van der Waals surface area contributed by atoms with Crippen LogP contribution >= 0.6 is 23.7 Å². The van der Waals surface area contributed by atoms with Crippen molar-refractivity contribution < 1.29 is 13.2 Å². The lowest BCUT2D eigenvalue weighted by Gasteiger charge is -2.34. The molecule has 0 aliphatic carbocycles. The molecule has 1 aliphatic heterocycles. The Hall–Kier alpha value is -0.370. The third kappa shape index (κ3) is 4.30. The van der Waals surface area contributed by atoms with Crippen molar-refractivity contribution in [2.45, 2.75) is 38.0 Å². The fraction of sp³-hybridized carbons (Fsp3) is 0.727. The first-order chi connectivity index (χ1) is 8.50. The summed E-state index contributed by atoms with van der Waals surface area (Å²) in [5, 5.41) is 0.516. The Balaban J connectivity index is 0.00000180. The molecule has 0 radical (unpaired) electrons. The highest BCUT2D eigenvalue weighted by atomic mass is 35.5. The van der Waals surface area contributed by atoms with Gasteiger partial charge in [0.25, 0.3) is 0 Å². The molecule has 1 aromatic heterocycles. The molecule has 0 amide bonds. The van der Waals surface area contributed by atoms with E-state index in [1.54, 1.807) is 0 Å². The molecule has 19 heavy (non-hydrogen) atoms. The quantitative estimate of drug-likeness (QED) is 0.932. The zero-order chi connectivity index (χ0) is 13.2. The van der Waals surface area contributed by atoms with Crippen LogP contribution in [0.5, 0.6) is 0 Å². The molecule has 0 spiro atoms. The number of piperidine rings is 1. The molecule has 8 heteroatoms. The van der Waals surface area contributed by atoms with Crippen LogP contribution in [0.25, 0.3) is 0 Å². The van der Waals surface area contributed by atoms with Crippen molar-refractivity contribution in [1.82, 2.24) is 9.88 Å². The van der Waals surface area contributed by atoms with Crippen molar-refractivity contribution >= 4 is 23.7 Å². The summed E-state index contributed by atoms with van der Waals surface area (Å²) in [5.41, 5.74) is 5.68. The van der Waals surface area contributed by atoms with Crippen molar-refractivity contribution in [3.63, 3.8) is 0 Å². The average molecular weight is 316 g/mol. The monoisotopic (exact) mass is 315 g/mol. The van der Waals surface area contributed by atoms with Crippen molar-refractivity contribution in [1.29, 1.82) is 0 Å². The van der Waals surface area contributed by atoms with Crippen LogP contribution < -0.4 is 5.73 Å². The van der Waals surface area contributed by atoms with Gasteiger partial charge in [-0.2, -0.15) is 13.2 Å². The minimum Gasteiger partial charge on any atom is -0.329 e. The lowest BCUT2D eigenvalue weighted by atomic mass is 10.0. The number of nitrogens with two attached hydrogens (primary N) is 1. The molecule has 2 N–H and O–H groups in total. The molecule has 110 valence electrons. The van der Waals surface area contributed by atoms with Gasteiger partial charge < -0.3 is 5.73 Å². The highest BCUT2D eigenvalue weighted by molar-refractivity contribution is 7.11. The molecule has 1 aromatic rings. The Bertz CT molecular complexity index is 397. The maximum Gasteiger partial charge on any atom is 0.427 e. The third-order valence-corrected chi connectivity index (χ3v) is 4.22. The minimum absolute atomic E-state index is 0. The smallest absolute Gasteiger partial charge is 0.329 e. The summed E-state index contributed by atoms with van der Waals surface area (Å²) in [5.74, 6) is 0. The predicted molar refractivity (Wildman–Crippen MR) is 71.5 cm³/mol. The maximum absolute atomic E-state index is 12.5. The molecule has 0 bridgehead atoms. The standard InChI is InChI=1S/C11H16F3N3S.ClH/c12-11(13,14)9-6-16-10(18-9)7-17-4-2-1-3-8(17)5-15;/h6,8H,1-5,7,15H2;1H. The van der Waals surface area contributed by atoms with E-state index in [9.17, 15) is 13.2 Å². The summed E-state index contributed by atoms with van der Waals surface area (Å²) in [4.78, 5) is 5.38. The number of hydrogen-bond donors (Lipinski definition) is 1. The second-order valence-electron chi connectivity index (χ2n) is 4.47. The molecule has 3 nitrogen and oxygen atoms in total. The van der Waals surface area contributed by atoms with E-state index < -0.39 is 11.1 Å². The van der Waals surface area contributed by atoms with Crippen LogP contribution in [0.4, 0.5) is 13.2 Å². The minimum atomic E-state index is -4.29. The van der Waals surface area contributed by atoms with Crippen molar-refractivity contribution in [2.75, 3.05) is 13.1 Å². The van der Waals surface area contributed by atoms with E-state index in [-0.39, 0.29) is 18.4 Å². The number of aromatic nitrogens is 1. The number of nitrogens with zero attached hydrogens (tertiary/aromatic N) is 2. The molecule has 0 aromatic carbocycles. The first-order valence-electron chi connectivity index (χ1n) is 5.96. The molecular formula is C11H17ClF3N3S. The number of alkyl halides is 3. The first kappa shape index (κ1) is 16.7. The Kier molecular flexibility index (Phi) is 6.04. The lowest BCUT2D eigenvalue weighted by molar-refractivity contribution is -0.134. The van der Waals surface area contributed by atoms with Crippen LogP contribution in [0.15, 0.2) is 6.20 Å². The number of thiazole rings is 1. The maximum atomic E-state index is 12.5. The van der Waals surface area contributed by atoms with Crippen LogP contribution in [0, 0.1) is 0 Å². The van der Waals surface area contributed by atoms with Crippen LogP contribution in [-0.4, -0.2) is 29.0 Å².